The summed E-state index contributed by atoms with van der Waals surface area (Å²) in [6.07, 6.45) is -0.546. The predicted octanol–water partition coefficient (Wildman–Crippen LogP) is 4.27. The first-order valence-electron chi connectivity index (χ1n) is 10.1. The molecule has 0 aliphatic heterocycles. The molecule has 31 heavy (non-hydrogen) atoms. The van der Waals surface area contributed by atoms with Gasteiger partial charge in [0.1, 0.15) is 17.2 Å². The fourth-order valence-corrected chi connectivity index (χ4v) is 4.11. The fourth-order valence-electron chi connectivity index (χ4n) is 3.10. The molecular weight excluding hydrogens is 416 g/mol. The molecule has 1 atom stereocenters. The number of nitrogens with one attached hydrogen (secondary N) is 1. The highest BCUT2D eigenvalue weighted by Gasteiger charge is 2.26. The van der Waals surface area contributed by atoms with Crippen molar-refractivity contribution in [2.75, 3.05) is 33.2 Å². The molecule has 0 aliphatic rings. The third-order valence-electron chi connectivity index (χ3n) is 4.63. The minimum Gasteiger partial charge on any atom is -0.609 e. The number of hydrogen-bond donors (Lipinski definition) is 1. The Bertz CT molecular complexity index is 873. The van der Waals surface area contributed by atoms with Crippen LogP contribution >= 0.6 is 0 Å². The van der Waals surface area contributed by atoms with Gasteiger partial charge in [0.2, 0.25) is 6.29 Å². The number of H-pyrrole nitrogens is 1. The molecule has 1 N–H and O–H groups in total. The Balaban J connectivity index is 1.97. The van der Waals surface area contributed by atoms with Crippen molar-refractivity contribution in [1.82, 2.24) is 9.97 Å². The molecule has 1 heterocycles. The molecule has 0 amide bonds. The Morgan fingerprint density at radius 3 is 1.87 bits per heavy atom. The molecule has 8 heteroatoms. The van der Waals surface area contributed by atoms with E-state index in [0.29, 0.717) is 24.1 Å². The number of benzene rings is 2. The van der Waals surface area contributed by atoms with Gasteiger partial charge in [-0.15, -0.1) is 0 Å². The number of aromatic amines is 1. The van der Waals surface area contributed by atoms with Crippen molar-refractivity contribution in [3.05, 3.63) is 48.5 Å². The SMILES string of the molecule is CCOC(C[S+]([O-])c1nc(-c2ccc(OC)cc2)c(-c2ccc(OC)cc2)[nH]1)OCC. The van der Waals surface area contributed by atoms with Crippen molar-refractivity contribution >= 4 is 11.2 Å². The van der Waals surface area contributed by atoms with Crippen LogP contribution in [0.2, 0.25) is 0 Å². The lowest BCUT2D eigenvalue weighted by molar-refractivity contribution is -0.120. The van der Waals surface area contributed by atoms with Crippen LogP contribution in [0.25, 0.3) is 22.5 Å². The van der Waals surface area contributed by atoms with E-state index in [9.17, 15) is 4.55 Å². The molecule has 0 aliphatic carbocycles. The number of nitrogens with zero attached hydrogens (tertiary/aromatic N) is 1. The zero-order chi connectivity index (χ0) is 22.2. The van der Waals surface area contributed by atoms with Gasteiger partial charge in [0.15, 0.2) is 5.75 Å². The van der Waals surface area contributed by atoms with Crippen molar-refractivity contribution in [2.45, 2.75) is 25.3 Å². The van der Waals surface area contributed by atoms with E-state index in [1.807, 2.05) is 62.4 Å². The van der Waals surface area contributed by atoms with E-state index in [4.69, 9.17) is 18.9 Å². The van der Waals surface area contributed by atoms with E-state index in [1.165, 1.54) is 0 Å². The van der Waals surface area contributed by atoms with Gasteiger partial charge in [-0.1, -0.05) is 0 Å². The summed E-state index contributed by atoms with van der Waals surface area (Å²) in [7, 11) is 3.25. The first-order valence-corrected chi connectivity index (χ1v) is 11.4. The molecule has 1 aromatic heterocycles. The topological polar surface area (TPSA) is 88.7 Å². The minimum absolute atomic E-state index is 0.194. The lowest BCUT2D eigenvalue weighted by Crippen LogP contribution is -2.27. The predicted molar refractivity (Wildman–Crippen MR) is 121 cm³/mol. The number of ether oxygens (including phenoxy) is 4. The van der Waals surface area contributed by atoms with Gasteiger partial charge in [-0.05, 0) is 62.4 Å². The van der Waals surface area contributed by atoms with Gasteiger partial charge in [0, 0.05) is 35.5 Å². The standard InChI is InChI=1S/C23H28N2O5S/c1-5-29-20(30-6-2)15-31(26)23-24-21(16-7-11-18(27-3)12-8-16)22(25-23)17-9-13-19(28-4)14-10-17/h7-14,20H,5-6,15H2,1-4H3,(H,24,25). The second-order valence-electron chi connectivity index (χ2n) is 6.57. The third-order valence-corrected chi connectivity index (χ3v) is 5.83. The Kier molecular flexibility index (Phi) is 8.36. The Hall–Kier alpha value is -2.52. The summed E-state index contributed by atoms with van der Waals surface area (Å²) in [4.78, 5) is 7.95. The third kappa shape index (κ3) is 5.80. The van der Waals surface area contributed by atoms with Crippen molar-refractivity contribution in [3.8, 4) is 34.0 Å². The van der Waals surface area contributed by atoms with Crippen LogP contribution in [0.5, 0.6) is 11.5 Å². The van der Waals surface area contributed by atoms with Crippen LogP contribution in [-0.4, -0.2) is 54.0 Å². The first-order chi connectivity index (χ1) is 15.1. The summed E-state index contributed by atoms with van der Waals surface area (Å²) in [5.41, 5.74) is 3.28. The summed E-state index contributed by atoms with van der Waals surface area (Å²) in [5.74, 6) is 1.71. The van der Waals surface area contributed by atoms with E-state index >= 15 is 0 Å². The Labute approximate surface area is 185 Å². The largest absolute Gasteiger partial charge is 0.609 e. The van der Waals surface area contributed by atoms with Crippen LogP contribution in [0.1, 0.15) is 13.8 Å². The summed E-state index contributed by atoms with van der Waals surface area (Å²) in [6.45, 7) is 4.72. The van der Waals surface area contributed by atoms with Gasteiger partial charge in [-0.3, -0.25) is 4.98 Å². The second-order valence-corrected chi connectivity index (χ2v) is 7.99. The van der Waals surface area contributed by atoms with Crippen LogP contribution in [0, 0.1) is 0 Å². The second kappa shape index (κ2) is 11.2. The Morgan fingerprint density at radius 2 is 1.39 bits per heavy atom. The van der Waals surface area contributed by atoms with Gasteiger partial charge < -0.3 is 23.5 Å². The molecule has 7 nitrogen and oxygen atoms in total. The van der Waals surface area contributed by atoms with Gasteiger partial charge in [0.05, 0.1) is 19.9 Å². The molecule has 3 aromatic rings. The average Bonchev–Trinajstić information content (AvgIpc) is 3.25. The molecule has 166 valence electrons. The quantitative estimate of drug-likeness (QED) is 0.351. The zero-order valence-corrected chi connectivity index (χ0v) is 19.0. The highest BCUT2D eigenvalue weighted by atomic mass is 32.2. The van der Waals surface area contributed by atoms with Gasteiger partial charge >= 0.3 is 5.16 Å². The van der Waals surface area contributed by atoms with Crippen LogP contribution in [0.3, 0.4) is 0 Å². The van der Waals surface area contributed by atoms with Gasteiger partial charge in [0.25, 0.3) is 0 Å². The summed E-state index contributed by atoms with van der Waals surface area (Å²) >= 11 is -1.43. The van der Waals surface area contributed by atoms with Crippen molar-refractivity contribution in [2.24, 2.45) is 0 Å². The highest BCUT2D eigenvalue weighted by molar-refractivity contribution is 7.91. The minimum atomic E-state index is -1.43. The number of rotatable bonds is 11. The smallest absolute Gasteiger partial charge is 0.321 e. The molecule has 2 aromatic carbocycles. The van der Waals surface area contributed by atoms with Crippen molar-refractivity contribution in [3.63, 3.8) is 0 Å². The number of imidazole rings is 1. The van der Waals surface area contributed by atoms with E-state index < -0.39 is 17.5 Å². The molecule has 0 spiro atoms. The lowest BCUT2D eigenvalue weighted by Gasteiger charge is -2.17. The number of hydrogen-bond acceptors (Lipinski definition) is 6. The lowest BCUT2D eigenvalue weighted by atomic mass is 10.0. The van der Waals surface area contributed by atoms with E-state index in [-0.39, 0.29) is 5.75 Å². The maximum absolute atomic E-state index is 13.1. The van der Waals surface area contributed by atoms with Crippen LogP contribution in [0.4, 0.5) is 0 Å². The Morgan fingerprint density at radius 1 is 0.871 bits per heavy atom. The van der Waals surface area contributed by atoms with E-state index in [2.05, 4.69) is 9.97 Å². The molecule has 0 radical (unpaired) electrons. The van der Waals surface area contributed by atoms with Gasteiger partial charge in [-0.25, -0.2) is 0 Å². The molecule has 0 bridgehead atoms. The van der Waals surface area contributed by atoms with Crippen LogP contribution < -0.4 is 9.47 Å². The molecule has 1 unspecified atom stereocenters. The average molecular weight is 445 g/mol. The molecule has 3 rings (SSSR count). The molecular formula is C23H28N2O5S. The van der Waals surface area contributed by atoms with Crippen molar-refractivity contribution in [1.29, 1.82) is 0 Å². The summed E-state index contributed by atoms with van der Waals surface area (Å²) in [5, 5.41) is 0.376. The highest BCUT2D eigenvalue weighted by Crippen LogP contribution is 2.33. The molecule has 0 saturated heterocycles. The van der Waals surface area contributed by atoms with Crippen LogP contribution in [0.15, 0.2) is 53.7 Å². The summed E-state index contributed by atoms with van der Waals surface area (Å²) < 4.78 is 34.7. The molecule has 0 fully saturated rings. The van der Waals surface area contributed by atoms with Gasteiger partial charge in [-0.2, -0.15) is 4.98 Å². The fraction of sp³-hybridized carbons (Fsp3) is 0.348. The van der Waals surface area contributed by atoms with E-state index in [1.54, 1.807) is 14.2 Å². The van der Waals surface area contributed by atoms with E-state index in [0.717, 1.165) is 28.3 Å². The monoisotopic (exact) mass is 444 g/mol. The van der Waals surface area contributed by atoms with Crippen LogP contribution in [-0.2, 0) is 20.6 Å². The van der Waals surface area contributed by atoms with Crippen molar-refractivity contribution < 1.29 is 23.5 Å². The maximum atomic E-state index is 13.1. The zero-order valence-electron chi connectivity index (χ0n) is 18.2. The normalized spacial score (nSPS) is 12.2. The number of aromatic nitrogens is 2. The summed E-state index contributed by atoms with van der Waals surface area (Å²) in [6, 6.07) is 15.2. The first kappa shape index (κ1) is 23.1. The maximum Gasteiger partial charge on any atom is 0.321 e. The number of methoxy groups -OCH3 is 2. The molecule has 0 saturated carbocycles.